The molecule has 0 saturated heterocycles. The van der Waals surface area contributed by atoms with Crippen molar-refractivity contribution in [2.75, 3.05) is 0 Å². The van der Waals surface area contributed by atoms with Crippen LogP contribution in [0.2, 0.25) is 0 Å². The van der Waals surface area contributed by atoms with Crippen LogP contribution in [0.25, 0.3) is 0 Å². The Balaban J connectivity index is 1.46. The lowest BCUT2D eigenvalue weighted by molar-refractivity contribution is -0.121. The van der Waals surface area contributed by atoms with Crippen molar-refractivity contribution in [1.82, 2.24) is 10.9 Å². The molecule has 0 aromatic carbocycles. The number of amides is 2. The highest BCUT2D eigenvalue weighted by atomic mass is 32.1. The molecular formula is C19H22N2O3S2. The molecule has 26 heavy (non-hydrogen) atoms. The van der Waals surface area contributed by atoms with Crippen LogP contribution in [0, 0.1) is 5.92 Å². The minimum Gasteiger partial charge on any atom is -0.293 e. The number of nitrogens with one attached hydrogen (secondary N) is 2. The first-order valence-corrected chi connectivity index (χ1v) is 10.5. The molecule has 2 heterocycles. The quantitative estimate of drug-likeness (QED) is 0.583. The minimum absolute atomic E-state index is 0.0517. The number of thiophene rings is 2. The van der Waals surface area contributed by atoms with Crippen molar-refractivity contribution in [2.45, 2.75) is 45.4 Å². The molecule has 0 aliphatic heterocycles. The van der Waals surface area contributed by atoms with E-state index in [9.17, 15) is 14.4 Å². The Morgan fingerprint density at radius 2 is 2.04 bits per heavy atom. The maximum Gasteiger partial charge on any atom is 0.279 e. The molecule has 0 fully saturated rings. The van der Waals surface area contributed by atoms with E-state index in [1.165, 1.54) is 39.5 Å². The molecule has 5 nitrogen and oxygen atoms in total. The van der Waals surface area contributed by atoms with Crippen LogP contribution in [0.15, 0.2) is 23.6 Å². The van der Waals surface area contributed by atoms with Crippen LogP contribution in [0.5, 0.6) is 0 Å². The first kappa shape index (κ1) is 18.8. The molecule has 2 amide bonds. The Kier molecular flexibility index (Phi) is 6.21. The van der Waals surface area contributed by atoms with Crippen molar-refractivity contribution < 1.29 is 14.4 Å². The van der Waals surface area contributed by atoms with Gasteiger partial charge >= 0.3 is 0 Å². The summed E-state index contributed by atoms with van der Waals surface area (Å²) in [4.78, 5) is 38.6. The highest BCUT2D eigenvalue weighted by Gasteiger charge is 2.22. The van der Waals surface area contributed by atoms with Crippen LogP contribution >= 0.6 is 22.7 Å². The van der Waals surface area contributed by atoms with E-state index in [1.807, 2.05) is 17.5 Å². The van der Waals surface area contributed by atoms with Gasteiger partial charge in [-0.1, -0.05) is 19.4 Å². The Bertz CT molecular complexity index is 796. The second-order valence-corrected chi connectivity index (χ2v) is 8.56. The standard InChI is InChI=1S/C19H22N2O3S2/c1-2-12-5-7-15-13(10-12)11-17(26-15)19(24)21-20-18(23)8-6-14(22)16-4-3-9-25-16/h3-4,9,11-12H,2,5-8,10H2,1H3,(H,20,23)(H,21,24)/t12-/m1/s1. The average Bonchev–Trinajstić information content (AvgIpc) is 3.32. The van der Waals surface area contributed by atoms with Gasteiger partial charge in [-0.25, -0.2) is 0 Å². The third-order valence-corrected chi connectivity index (χ3v) is 6.82. The number of hydrazine groups is 1. The average molecular weight is 391 g/mol. The normalized spacial score (nSPS) is 16.0. The minimum atomic E-state index is -0.365. The number of carbonyl (C=O) groups excluding carboxylic acids is 3. The molecule has 0 unspecified atom stereocenters. The van der Waals surface area contributed by atoms with Crippen LogP contribution in [0.4, 0.5) is 0 Å². The number of Topliss-reactive ketones (excluding diaryl/α,β-unsaturated/α-hetero) is 1. The summed E-state index contributed by atoms with van der Waals surface area (Å²) in [6.45, 7) is 2.20. The summed E-state index contributed by atoms with van der Waals surface area (Å²) in [6.07, 6.45) is 4.59. The fourth-order valence-electron chi connectivity index (χ4n) is 3.10. The van der Waals surface area contributed by atoms with Crippen molar-refractivity contribution >= 4 is 40.3 Å². The largest absolute Gasteiger partial charge is 0.293 e. The first-order valence-electron chi connectivity index (χ1n) is 8.84. The molecule has 0 bridgehead atoms. The monoisotopic (exact) mass is 390 g/mol. The fraction of sp³-hybridized carbons (Fsp3) is 0.421. The highest BCUT2D eigenvalue weighted by molar-refractivity contribution is 7.14. The molecule has 2 N–H and O–H groups in total. The van der Waals surface area contributed by atoms with Gasteiger partial charge in [-0.3, -0.25) is 25.2 Å². The molecule has 0 spiro atoms. The van der Waals surface area contributed by atoms with Crippen molar-refractivity contribution in [3.63, 3.8) is 0 Å². The van der Waals surface area contributed by atoms with E-state index in [1.54, 1.807) is 6.07 Å². The lowest BCUT2D eigenvalue weighted by Crippen LogP contribution is -2.41. The topological polar surface area (TPSA) is 75.3 Å². The molecule has 1 aliphatic rings. The first-order chi connectivity index (χ1) is 12.6. The number of hydrogen-bond acceptors (Lipinski definition) is 5. The predicted molar refractivity (Wildman–Crippen MR) is 104 cm³/mol. The van der Waals surface area contributed by atoms with E-state index in [-0.39, 0.29) is 30.4 Å². The summed E-state index contributed by atoms with van der Waals surface area (Å²) in [7, 11) is 0. The molecule has 1 atom stereocenters. The molecule has 3 rings (SSSR count). The Labute approximate surface area is 160 Å². The van der Waals surface area contributed by atoms with Crippen molar-refractivity contribution in [3.05, 3.63) is 43.8 Å². The van der Waals surface area contributed by atoms with Gasteiger partial charge in [-0.15, -0.1) is 22.7 Å². The lowest BCUT2D eigenvalue weighted by atomic mass is 9.87. The van der Waals surface area contributed by atoms with Crippen molar-refractivity contribution in [2.24, 2.45) is 5.92 Å². The second kappa shape index (κ2) is 8.60. The third kappa shape index (κ3) is 4.59. The molecular weight excluding hydrogens is 368 g/mol. The third-order valence-electron chi connectivity index (χ3n) is 4.68. The summed E-state index contributed by atoms with van der Waals surface area (Å²) in [5.74, 6) is -0.0162. The number of ketones is 1. The summed E-state index contributed by atoms with van der Waals surface area (Å²) in [5, 5.41) is 1.83. The number of rotatable bonds is 6. The Morgan fingerprint density at radius 1 is 1.19 bits per heavy atom. The van der Waals surface area contributed by atoms with E-state index < -0.39 is 0 Å². The highest BCUT2D eigenvalue weighted by Crippen LogP contribution is 2.33. The van der Waals surface area contributed by atoms with Gasteiger partial charge < -0.3 is 0 Å². The van der Waals surface area contributed by atoms with Gasteiger partial charge in [0, 0.05) is 17.7 Å². The van der Waals surface area contributed by atoms with Crippen molar-refractivity contribution in [1.29, 1.82) is 0 Å². The van der Waals surface area contributed by atoms with Gasteiger partial charge in [0.05, 0.1) is 9.75 Å². The second-order valence-electron chi connectivity index (χ2n) is 6.48. The van der Waals surface area contributed by atoms with Crippen LogP contribution in [0.3, 0.4) is 0 Å². The van der Waals surface area contributed by atoms with Crippen LogP contribution in [-0.2, 0) is 17.6 Å². The van der Waals surface area contributed by atoms with Crippen molar-refractivity contribution in [3.8, 4) is 0 Å². The molecule has 2 aromatic rings. The molecule has 1 aliphatic carbocycles. The van der Waals surface area contributed by atoms with Gasteiger partial charge in [0.25, 0.3) is 5.91 Å². The van der Waals surface area contributed by atoms with Crippen LogP contribution < -0.4 is 10.9 Å². The Hall–Kier alpha value is -1.99. The summed E-state index contributed by atoms with van der Waals surface area (Å²) >= 11 is 2.87. The van der Waals surface area contributed by atoms with Gasteiger partial charge in [-0.2, -0.15) is 0 Å². The van der Waals surface area contributed by atoms with Crippen LogP contribution in [0.1, 0.15) is 62.4 Å². The zero-order chi connectivity index (χ0) is 18.5. The molecule has 7 heteroatoms. The number of hydrogen-bond donors (Lipinski definition) is 2. The Morgan fingerprint density at radius 3 is 2.77 bits per heavy atom. The van der Waals surface area contributed by atoms with Gasteiger partial charge in [-0.05, 0) is 48.3 Å². The van der Waals surface area contributed by atoms with Gasteiger partial charge in [0.15, 0.2) is 5.78 Å². The maximum atomic E-state index is 12.3. The molecule has 2 aromatic heterocycles. The molecule has 138 valence electrons. The predicted octanol–water partition coefficient (Wildman–Crippen LogP) is 3.75. The maximum absolute atomic E-state index is 12.3. The van der Waals surface area contributed by atoms with E-state index in [0.29, 0.717) is 15.7 Å². The zero-order valence-corrected chi connectivity index (χ0v) is 16.3. The fourth-order valence-corrected chi connectivity index (χ4v) is 4.90. The number of carbonyl (C=O) groups is 3. The summed E-state index contributed by atoms with van der Waals surface area (Å²) in [6, 6.07) is 5.50. The smallest absolute Gasteiger partial charge is 0.279 e. The number of fused-ring (bicyclic) bond motifs is 1. The van der Waals surface area contributed by atoms with E-state index in [2.05, 4.69) is 17.8 Å². The van der Waals surface area contributed by atoms with Crippen LogP contribution in [-0.4, -0.2) is 17.6 Å². The van der Waals surface area contributed by atoms with E-state index in [0.717, 1.165) is 19.3 Å². The SMILES string of the molecule is CC[C@@H]1CCc2sc(C(=O)NNC(=O)CCC(=O)c3cccs3)cc2C1. The van der Waals surface area contributed by atoms with E-state index in [4.69, 9.17) is 0 Å². The number of aryl methyl sites for hydroxylation is 1. The lowest BCUT2D eigenvalue weighted by Gasteiger charge is -2.19. The zero-order valence-electron chi connectivity index (χ0n) is 14.7. The summed E-state index contributed by atoms with van der Waals surface area (Å²) in [5.41, 5.74) is 6.13. The van der Waals surface area contributed by atoms with Gasteiger partial charge in [0.1, 0.15) is 0 Å². The van der Waals surface area contributed by atoms with E-state index >= 15 is 0 Å². The summed E-state index contributed by atoms with van der Waals surface area (Å²) < 4.78 is 0. The van der Waals surface area contributed by atoms with Gasteiger partial charge in [0.2, 0.25) is 5.91 Å². The molecule has 0 saturated carbocycles. The molecule has 0 radical (unpaired) electrons.